The van der Waals surface area contributed by atoms with E-state index < -0.39 is 6.10 Å². The molecule has 0 bridgehead atoms. The lowest BCUT2D eigenvalue weighted by Crippen LogP contribution is -2.48. The second-order valence-corrected chi connectivity index (χ2v) is 8.80. The van der Waals surface area contributed by atoms with Gasteiger partial charge in [0.05, 0.1) is 12.1 Å². The molecular formula is C20H28N6O3S. The van der Waals surface area contributed by atoms with Crippen molar-refractivity contribution < 1.29 is 9.90 Å². The van der Waals surface area contributed by atoms with E-state index in [2.05, 4.69) is 25.6 Å². The first-order valence-corrected chi connectivity index (χ1v) is 11.5. The molecule has 4 rings (SSSR count). The molecule has 30 heavy (non-hydrogen) atoms. The molecule has 3 heterocycles. The Morgan fingerprint density at radius 1 is 1.20 bits per heavy atom. The van der Waals surface area contributed by atoms with Crippen molar-refractivity contribution in [3.63, 3.8) is 0 Å². The third kappa shape index (κ3) is 4.81. The summed E-state index contributed by atoms with van der Waals surface area (Å²) in [5.41, 5.74) is -0.181. The Balaban J connectivity index is 1.46. The van der Waals surface area contributed by atoms with Gasteiger partial charge < -0.3 is 15.3 Å². The highest BCUT2D eigenvalue weighted by Gasteiger charge is 2.29. The number of nitrogens with one attached hydrogen (secondary N) is 2. The third-order valence-corrected chi connectivity index (χ3v) is 6.58. The fraction of sp³-hybridized carbons (Fsp3) is 0.600. The van der Waals surface area contributed by atoms with Crippen LogP contribution in [0.25, 0.3) is 0 Å². The van der Waals surface area contributed by atoms with Gasteiger partial charge in [-0.1, -0.05) is 12.8 Å². The number of carbonyl (C=O) groups excluding carboxylic acids is 1. The summed E-state index contributed by atoms with van der Waals surface area (Å²) in [4.78, 5) is 30.8. The van der Waals surface area contributed by atoms with Gasteiger partial charge >= 0.3 is 6.03 Å². The van der Waals surface area contributed by atoms with Crippen LogP contribution in [0.1, 0.15) is 51.0 Å². The molecular weight excluding hydrogens is 404 g/mol. The SMILES string of the molecule is O=C(NCC1CCCCN1c1ccc(=O)n(C2CCCCC2O)n1)Nc1nccs1. The molecule has 3 unspecified atom stereocenters. The Bertz CT molecular complexity index is 902. The van der Waals surface area contributed by atoms with Gasteiger partial charge in [-0.25, -0.2) is 14.5 Å². The highest BCUT2D eigenvalue weighted by Crippen LogP contribution is 2.28. The van der Waals surface area contributed by atoms with Crippen LogP contribution in [0.4, 0.5) is 15.7 Å². The summed E-state index contributed by atoms with van der Waals surface area (Å²) in [6.45, 7) is 1.29. The monoisotopic (exact) mass is 432 g/mol. The van der Waals surface area contributed by atoms with E-state index in [0.717, 1.165) is 50.9 Å². The van der Waals surface area contributed by atoms with Gasteiger partial charge in [0.2, 0.25) is 0 Å². The van der Waals surface area contributed by atoms with E-state index >= 15 is 0 Å². The van der Waals surface area contributed by atoms with Crippen LogP contribution in [-0.2, 0) is 0 Å². The summed E-state index contributed by atoms with van der Waals surface area (Å²) in [5, 5.41) is 23.0. The van der Waals surface area contributed by atoms with Gasteiger partial charge in [0, 0.05) is 36.8 Å². The number of rotatable bonds is 5. The van der Waals surface area contributed by atoms with Gasteiger partial charge in [0.15, 0.2) is 5.13 Å². The van der Waals surface area contributed by atoms with Crippen molar-refractivity contribution in [2.24, 2.45) is 0 Å². The van der Waals surface area contributed by atoms with Crippen LogP contribution in [0.5, 0.6) is 0 Å². The molecule has 9 nitrogen and oxygen atoms in total. The van der Waals surface area contributed by atoms with Crippen molar-refractivity contribution in [1.82, 2.24) is 20.1 Å². The molecule has 2 aromatic rings. The number of thiazole rings is 1. The number of urea groups is 1. The van der Waals surface area contributed by atoms with E-state index in [0.29, 0.717) is 18.1 Å². The van der Waals surface area contributed by atoms with Crippen molar-refractivity contribution in [1.29, 1.82) is 0 Å². The quantitative estimate of drug-likeness (QED) is 0.669. The Labute approximate surface area is 179 Å². The molecule has 10 heteroatoms. The van der Waals surface area contributed by atoms with E-state index in [1.165, 1.54) is 22.1 Å². The predicted molar refractivity (Wildman–Crippen MR) is 116 cm³/mol. The summed E-state index contributed by atoms with van der Waals surface area (Å²) < 4.78 is 1.47. The number of hydrogen-bond acceptors (Lipinski definition) is 7. The first-order valence-electron chi connectivity index (χ1n) is 10.6. The third-order valence-electron chi connectivity index (χ3n) is 5.89. The number of anilines is 2. The molecule has 2 aliphatic rings. The zero-order valence-electron chi connectivity index (χ0n) is 16.9. The molecule has 162 valence electrons. The average Bonchev–Trinajstić information content (AvgIpc) is 3.26. The Morgan fingerprint density at radius 2 is 2.03 bits per heavy atom. The molecule has 1 saturated heterocycles. The van der Waals surface area contributed by atoms with Crippen LogP contribution in [0, 0.1) is 0 Å². The molecule has 0 aromatic carbocycles. The highest BCUT2D eigenvalue weighted by atomic mass is 32.1. The molecule has 1 aliphatic heterocycles. The largest absolute Gasteiger partial charge is 0.391 e. The first kappa shape index (κ1) is 20.8. The molecule has 0 radical (unpaired) electrons. The highest BCUT2D eigenvalue weighted by molar-refractivity contribution is 7.13. The molecule has 2 amide bonds. The second-order valence-electron chi connectivity index (χ2n) is 7.91. The number of aromatic nitrogens is 3. The van der Waals surface area contributed by atoms with E-state index in [4.69, 9.17) is 0 Å². The number of aliphatic hydroxyl groups is 1. The molecule has 2 fully saturated rings. The number of hydrogen-bond donors (Lipinski definition) is 3. The minimum atomic E-state index is -0.535. The standard InChI is InChI=1S/C20H28N6O3S/c27-16-7-2-1-6-15(16)26-18(28)9-8-17(24-26)25-11-4-3-5-14(25)13-22-19(29)23-20-21-10-12-30-20/h8-10,12,14-16,27H,1-7,11,13H2,(H2,21,22,23,29). The predicted octanol–water partition coefficient (Wildman–Crippen LogP) is 2.36. The number of nitrogens with zero attached hydrogens (tertiary/aromatic N) is 4. The molecule has 3 N–H and O–H groups in total. The summed E-state index contributed by atoms with van der Waals surface area (Å²) in [6.07, 6.45) is 7.60. The summed E-state index contributed by atoms with van der Waals surface area (Å²) >= 11 is 1.37. The fourth-order valence-corrected chi connectivity index (χ4v) is 4.86. The van der Waals surface area contributed by atoms with Crippen LogP contribution >= 0.6 is 11.3 Å². The maximum atomic E-state index is 12.4. The zero-order valence-corrected chi connectivity index (χ0v) is 17.7. The van der Waals surface area contributed by atoms with Gasteiger partial charge in [0.25, 0.3) is 5.56 Å². The minimum Gasteiger partial charge on any atom is -0.391 e. The van der Waals surface area contributed by atoms with Gasteiger partial charge in [-0.2, -0.15) is 5.10 Å². The van der Waals surface area contributed by atoms with E-state index in [1.807, 2.05) is 5.38 Å². The van der Waals surface area contributed by atoms with Crippen LogP contribution in [0.3, 0.4) is 0 Å². The van der Waals surface area contributed by atoms with Gasteiger partial charge in [-0.3, -0.25) is 10.1 Å². The Morgan fingerprint density at radius 3 is 2.83 bits per heavy atom. The lowest BCUT2D eigenvalue weighted by Gasteiger charge is -2.37. The van der Waals surface area contributed by atoms with Crippen LogP contribution in [0.2, 0.25) is 0 Å². The lowest BCUT2D eigenvalue weighted by molar-refractivity contribution is 0.0669. The van der Waals surface area contributed by atoms with Crippen molar-refractivity contribution in [3.05, 3.63) is 34.1 Å². The lowest BCUT2D eigenvalue weighted by atomic mass is 9.93. The van der Waals surface area contributed by atoms with Gasteiger partial charge in [-0.05, 0) is 38.2 Å². The van der Waals surface area contributed by atoms with E-state index in [1.54, 1.807) is 12.3 Å². The maximum Gasteiger partial charge on any atom is 0.321 e. The number of amides is 2. The summed E-state index contributed by atoms with van der Waals surface area (Å²) in [6, 6.07) is 2.84. The maximum absolute atomic E-state index is 12.4. The van der Waals surface area contributed by atoms with Gasteiger partial charge in [0.1, 0.15) is 5.82 Å². The van der Waals surface area contributed by atoms with Gasteiger partial charge in [-0.15, -0.1) is 11.3 Å². The van der Waals surface area contributed by atoms with Crippen LogP contribution < -0.4 is 21.1 Å². The van der Waals surface area contributed by atoms with E-state index in [-0.39, 0.29) is 23.7 Å². The Hall–Kier alpha value is -2.46. The van der Waals surface area contributed by atoms with E-state index in [9.17, 15) is 14.7 Å². The first-order chi connectivity index (χ1) is 14.6. The average molecular weight is 433 g/mol. The Kier molecular flexibility index (Phi) is 6.63. The fourth-order valence-electron chi connectivity index (χ4n) is 4.33. The molecule has 2 aromatic heterocycles. The zero-order chi connectivity index (χ0) is 20.9. The second kappa shape index (κ2) is 9.57. The summed E-state index contributed by atoms with van der Waals surface area (Å²) in [5.74, 6) is 0.721. The number of aliphatic hydroxyl groups excluding tert-OH is 1. The molecule has 3 atom stereocenters. The molecule has 1 aliphatic carbocycles. The smallest absolute Gasteiger partial charge is 0.321 e. The van der Waals surface area contributed by atoms with Crippen LogP contribution in [0.15, 0.2) is 28.5 Å². The molecule has 1 saturated carbocycles. The number of carbonyl (C=O) groups is 1. The van der Waals surface area contributed by atoms with Crippen molar-refractivity contribution >= 4 is 28.3 Å². The van der Waals surface area contributed by atoms with Crippen molar-refractivity contribution in [2.75, 3.05) is 23.3 Å². The molecule has 0 spiro atoms. The minimum absolute atomic E-state index is 0.0931. The topological polar surface area (TPSA) is 112 Å². The van der Waals surface area contributed by atoms with Crippen molar-refractivity contribution in [3.8, 4) is 0 Å². The number of piperidine rings is 1. The van der Waals surface area contributed by atoms with Crippen LogP contribution in [-0.4, -0.2) is 51.1 Å². The van der Waals surface area contributed by atoms with Crippen molar-refractivity contribution in [2.45, 2.75) is 63.1 Å². The summed E-state index contributed by atoms with van der Waals surface area (Å²) in [7, 11) is 0. The normalized spacial score (nSPS) is 24.4.